The fraction of sp³-hybridized carbons (Fsp3) is 0.364. The van der Waals surface area contributed by atoms with E-state index < -0.39 is 0 Å². The number of rotatable bonds is 3. The van der Waals surface area contributed by atoms with Gasteiger partial charge < -0.3 is 11.1 Å². The first-order valence-corrected chi connectivity index (χ1v) is 5.44. The van der Waals surface area contributed by atoms with Crippen molar-refractivity contribution < 1.29 is 0 Å². The molecule has 0 aromatic heterocycles. The normalized spacial score (nSPS) is 10.9. The Morgan fingerprint density at radius 1 is 1.53 bits per heavy atom. The van der Waals surface area contributed by atoms with Crippen molar-refractivity contribution in [3.63, 3.8) is 0 Å². The fourth-order valence-electron chi connectivity index (χ4n) is 1.08. The summed E-state index contributed by atoms with van der Waals surface area (Å²) < 4.78 is 0.943. The molecule has 0 spiro atoms. The molecule has 0 amide bonds. The van der Waals surface area contributed by atoms with Crippen LogP contribution in [0.1, 0.15) is 19.4 Å². The zero-order chi connectivity index (χ0) is 11.5. The standard InChI is InChI=1S/C11H14BrN3/c1-11(2,14)7-15-10-5-9(12)4-3-8(10)6-13/h3-5,15H,7,14H2,1-2H3. The molecule has 0 fully saturated rings. The highest BCUT2D eigenvalue weighted by molar-refractivity contribution is 9.10. The minimum atomic E-state index is -0.297. The van der Waals surface area contributed by atoms with Crippen molar-refractivity contribution in [3.8, 4) is 6.07 Å². The van der Waals surface area contributed by atoms with Crippen LogP contribution in [0.2, 0.25) is 0 Å². The third-order valence-electron chi connectivity index (χ3n) is 1.84. The average Bonchev–Trinajstić information content (AvgIpc) is 2.14. The van der Waals surface area contributed by atoms with Crippen molar-refractivity contribution >= 4 is 21.6 Å². The van der Waals surface area contributed by atoms with Crippen molar-refractivity contribution in [3.05, 3.63) is 28.2 Å². The van der Waals surface area contributed by atoms with E-state index in [0.29, 0.717) is 12.1 Å². The van der Waals surface area contributed by atoms with Gasteiger partial charge in [0.05, 0.1) is 11.3 Å². The first-order chi connectivity index (χ1) is 6.92. The van der Waals surface area contributed by atoms with Gasteiger partial charge in [0.15, 0.2) is 0 Å². The van der Waals surface area contributed by atoms with Crippen LogP contribution in [-0.4, -0.2) is 12.1 Å². The van der Waals surface area contributed by atoms with Crippen LogP contribution in [0.4, 0.5) is 5.69 Å². The number of nitriles is 1. The number of hydrogen-bond donors (Lipinski definition) is 2. The molecule has 80 valence electrons. The molecule has 0 saturated carbocycles. The Balaban J connectivity index is 2.85. The third-order valence-corrected chi connectivity index (χ3v) is 2.33. The monoisotopic (exact) mass is 267 g/mol. The van der Waals surface area contributed by atoms with Gasteiger partial charge in [-0.2, -0.15) is 5.26 Å². The molecule has 0 radical (unpaired) electrons. The van der Waals surface area contributed by atoms with Crippen molar-refractivity contribution in [1.82, 2.24) is 0 Å². The Morgan fingerprint density at radius 2 is 2.20 bits per heavy atom. The highest BCUT2D eigenvalue weighted by Crippen LogP contribution is 2.21. The Kier molecular flexibility index (Phi) is 3.72. The molecule has 1 aromatic carbocycles. The van der Waals surface area contributed by atoms with Gasteiger partial charge in [0.25, 0.3) is 0 Å². The lowest BCUT2D eigenvalue weighted by atomic mass is 10.1. The van der Waals surface area contributed by atoms with Gasteiger partial charge in [0.2, 0.25) is 0 Å². The SMILES string of the molecule is CC(C)(N)CNc1cc(Br)ccc1C#N. The maximum atomic E-state index is 8.90. The van der Waals surface area contributed by atoms with Gasteiger partial charge in [-0.1, -0.05) is 15.9 Å². The molecule has 0 aliphatic heterocycles. The molecule has 0 aliphatic rings. The number of nitrogens with two attached hydrogens (primary N) is 1. The number of halogens is 1. The molecule has 0 atom stereocenters. The molecule has 3 nitrogen and oxygen atoms in total. The predicted molar refractivity (Wildman–Crippen MR) is 65.6 cm³/mol. The Labute approximate surface area is 98.4 Å². The van der Waals surface area contributed by atoms with Gasteiger partial charge in [-0.25, -0.2) is 0 Å². The van der Waals surface area contributed by atoms with E-state index in [1.807, 2.05) is 26.0 Å². The molecule has 15 heavy (non-hydrogen) atoms. The highest BCUT2D eigenvalue weighted by Gasteiger charge is 2.11. The van der Waals surface area contributed by atoms with Crippen molar-refractivity contribution in [2.75, 3.05) is 11.9 Å². The summed E-state index contributed by atoms with van der Waals surface area (Å²) in [7, 11) is 0. The maximum Gasteiger partial charge on any atom is 0.101 e. The van der Waals surface area contributed by atoms with Crippen LogP contribution in [0.5, 0.6) is 0 Å². The van der Waals surface area contributed by atoms with Crippen LogP contribution < -0.4 is 11.1 Å². The van der Waals surface area contributed by atoms with Crippen molar-refractivity contribution in [2.24, 2.45) is 5.73 Å². The van der Waals surface area contributed by atoms with E-state index in [0.717, 1.165) is 10.2 Å². The van der Waals surface area contributed by atoms with Gasteiger partial charge in [-0.3, -0.25) is 0 Å². The molecule has 3 N–H and O–H groups in total. The van der Waals surface area contributed by atoms with Crippen LogP contribution in [-0.2, 0) is 0 Å². The lowest BCUT2D eigenvalue weighted by Gasteiger charge is -2.20. The largest absolute Gasteiger partial charge is 0.382 e. The molecule has 0 heterocycles. The first kappa shape index (κ1) is 12.0. The highest BCUT2D eigenvalue weighted by atomic mass is 79.9. The Bertz CT molecular complexity index is 388. The number of nitrogens with zero attached hydrogens (tertiary/aromatic N) is 1. The summed E-state index contributed by atoms with van der Waals surface area (Å²) in [5.74, 6) is 0. The Hall–Kier alpha value is -1.05. The van der Waals surface area contributed by atoms with Crippen LogP contribution in [0, 0.1) is 11.3 Å². The number of nitrogens with one attached hydrogen (secondary N) is 1. The minimum absolute atomic E-state index is 0.297. The summed E-state index contributed by atoms with van der Waals surface area (Å²) in [5.41, 5.74) is 7.00. The van der Waals surface area contributed by atoms with E-state index in [2.05, 4.69) is 27.3 Å². The second-order valence-corrected chi connectivity index (χ2v) is 5.06. The minimum Gasteiger partial charge on any atom is -0.382 e. The van der Waals surface area contributed by atoms with E-state index in [1.54, 1.807) is 6.07 Å². The summed E-state index contributed by atoms with van der Waals surface area (Å²) in [4.78, 5) is 0. The smallest absolute Gasteiger partial charge is 0.101 e. The fourth-order valence-corrected chi connectivity index (χ4v) is 1.44. The van der Waals surface area contributed by atoms with Gasteiger partial charge in [-0.05, 0) is 32.0 Å². The summed E-state index contributed by atoms with van der Waals surface area (Å²) in [6.07, 6.45) is 0. The molecule has 1 aromatic rings. The zero-order valence-electron chi connectivity index (χ0n) is 8.84. The molecule has 4 heteroatoms. The first-order valence-electron chi connectivity index (χ1n) is 4.65. The summed E-state index contributed by atoms with van der Waals surface area (Å²) in [6, 6.07) is 7.63. The summed E-state index contributed by atoms with van der Waals surface area (Å²) in [5, 5.41) is 12.1. The predicted octanol–water partition coefficient (Wildman–Crippen LogP) is 2.47. The van der Waals surface area contributed by atoms with E-state index in [1.165, 1.54) is 0 Å². The number of benzene rings is 1. The molecule has 1 rings (SSSR count). The Morgan fingerprint density at radius 3 is 2.73 bits per heavy atom. The second-order valence-electron chi connectivity index (χ2n) is 4.14. The third kappa shape index (κ3) is 3.90. The number of anilines is 1. The van der Waals surface area contributed by atoms with Gasteiger partial charge in [0, 0.05) is 16.6 Å². The van der Waals surface area contributed by atoms with Crippen molar-refractivity contribution in [1.29, 1.82) is 5.26 Å². The average molecular weight is 268 g/mol. The molecular formula is C11H14BrN3. The van der Waals surface area contributed by atoms with Crippen LogP contribution in [0.15, 0.2) is 22.7 Å². The van der Waals surface area contributed by atoms with Gasteiger partial charge >= 0.3 is 0 Å². The lowest BCUT2D eigenvalue weighted by molar-refractivity contribution is 0.549. The van der Waals surface area contributed by atoms with E-state index in [9.17, 15) is 0 Å². The lowest BCUT2D eigenvalue weighted by Crippen LogP contribution is -2.39. The topological polar surface area (TPSA) is 61.8 Å². The van der Waals surface area contributed by atoms with Crippen LogP contribution >= 0.6 is 15.9 Å². The summed E-state index contributed by atoms with van der Waals surface area (Å²) >= 11 is 3.37. The quantitative estimate of drug-likeness (QED) is 0.885. The zero-order valence-corrected chi connectivity index (χ0v) is 10.4. The molecule has 0 aliphatic carbocycles. The van der Waals surface area contributed by atoms with E-state index in [4.69, 9.17) is 11.0 Å². The molecule has 0 saturated heterocycles. The van der Waals surface area contributed by atoms with Crippen LogP contribution in [0.25, 0.3) is 0 Å². The molecule has 0 bridgehead atoms. The van der Waals surface area contributed by atoms with E-state index in [-0.39, 0.29) is 5.54 Å². The van der Waals surface area contributed by atoms with Crippen LogP contribution in [0.3, 0.4) is 0 Å². The second kappa shape index (κ2) is 4.65. The summed E-state index contributed by atoms with van der Waals surface area (Å²) in [6.45, 7) is 4.49. The maximum absolute atomic E-state index is 8.90. The molecular weight excluding hydrogens is 254 g/mol. The van der Waals surface area contributed by atoms with Gasteiger partial charge in [-0.15, -0.1) is 0 Å². The van der Waals surface area contributed by atoms with Crippen molar-refractivity contribution in [2.45, 2.75) is 19.4 Å². The molecule has 0 unspecified atom stereocenters. The number of hydrogen-bond acceptors (Lipinski definition) is 3. The van der Waals surface area contributed by atoms with E-state index >= 15 is 0 Å². The van der Waals surface area contributed by atoms with Gasteiger partial charge in [0.1, 0.15) is 6.07 Å².